The first-order valence-electron chi connectivity index (χ1n) is 6.50. The van der Waals surface area contributed by atoms with Gasteiger partial charge in [-0.3, -0.25) is 0 Å². The number of nitrogens with zero attached hydrogens (tertiary/aromatic N) is 1. The fourth-order valence-electron chi connectivity index (χ4n) is 1.51. The Kier molecular flexibility index (Phi) is 7.24. The lowest BCUT2D eigenvalue weighted by molar-refractivity contribution is 1.22. The number of rotatable bonds is 7. The SMILES string of the molecule is C=C(/C=C\CC)/C=C(\CSc1ccccc1)C(=C)C#N. The largest absolute Gasteiger partial charge is 0.192 e. The zero-order valence-corrected chi connectivity index (χ0v) is 12.6. The maximum atomic E-state index is 9.04. The molecule has 0 amide bonds. The van der Waals surface area contributed by atoms with Crippen molar-refractivity contribution in [2.45, 2.75) is 18.2 Å². The van der Waals surface area contributed by atoms with Crippen molar-refractivity contribution in [1.82, 2.24) is 0 Å². The summed E-state index contributed by atoms with van der Waals surface area (Å²) < 4.78 is 0. The summed E-state index contributed by atoms with van der Waals surface area (Å²) in [6.07, 6.45) is 6.93. The summed E-state index contributed by atoms with van der Waals surface area (Å²) in [6.45, 7) is 9.87. The number of benzene rings is 1. The molecule has 0 aliphatic rings. The third-order valence-corrected chi connectivity index (χ3v) is 3.65. The molecule has 0 aliphatic heterocycles. The second kappa shape index (κ2) is 9.01. The molecule has 0 heterocycles. The van der Waals surface area contributed by atoms with E-state index in [4.69, 9.17) is 5.26 Å². The first kappa shape index (κ1) is 16.1. The Morgan fingerprint density at radius 3 is 2.60 bits per heavy atom. The van der Waals surface area contributed by atoms with Gasteiger partial charge in [0.2, 0.25) is 0 Å². The second-order valence-corrected chi connectivity index (χ2v) is 5.30. The van der Waals surface area contributed by atoms with Crippen molar-refractivity contribution in [2.24, 2.45) is 0 Å². The maximum absolute atomic E-state index is 9.04. The molecule has 0 radical (unpaired) electrons. The molecule has 0 aromatic heterocycles. The van der Waals surface area contributed by atoms with E-state index < -0.39 is 0 Å². The van der Waals surface area contributed by atoms with Gasteiger partial charge in [-0.2, -0.15) is 5.26 Å². The third kappa shape index (κ3) is 5.77. The smallest absolute Gasteiger partial charge is 0.0988 e. The molecule has 1 aromatic carbocycles. The van der Waals surface area contributed by atoms with Gasteiger partial charge < -0.3 is 0 Å². The van der Waals surface area contributed by atoms with E-state index in [1.165, 1.54) is 4.90 Å². The Morgan fingerprint density at radius 2 is 2.00 bits per heavy atom. The maximum Gasteiger partial charge on any atom is 0.0988 e. The lowest BCUT2D eigenvalue weighted by atomic mass is 10.1. The number of hydrogen-bond donors (Lipinski definition) is 0. The molecule has 102 valence electrons. The van der Waals surface area contributed by atoms with Crippen LogP contribution in [0.3, 0.4) is 0 Å². The standard InChI is InChI=1S/C18H19NS/c1-4-5-9-15(2)12-17(16(3)13-19)14-20-18-10-7-6-8-11-18/h5-12H,2-4,14H2,1H3/b9-5-,17-12+. The highest BCUT2D eigenvalue weighted by Gasteiger charge is 2.04. The predicted octanol–water partition coefficient (Wildman–Crippen LogP) is 5.31. The van der Waals surface area contributed by atoms with E-state index >= 15 is 0 Å². The molecule has 0 saturated heterocycles. The van der Waals surface area contributed by atoms with Gasteiger partial charge in [0.1, 0.15) is 0 Å². The fourth-order valence-corrected chi connectivity index (χ4v) is 2.44. The van der Waals surface area contributed by atoms with E-state index in [0.29, 0.717) is 5.57 Å². The van der Waals surface area contributed by atoms with Crippen LogP contribution < -0.4 is 0 Å². The summed E-state index contributed by atoms with van der Waals surface area (Å²) in [5.74, 6) is 0.718. The van der Waals surface area contributed by atoms with Crippen LogP contribution in [0.5, 0.6) is 0 Å². The monoisotopic (exact) mass is 281 g/mol. The van der Waals surface area contributed by atoms with Gasteiger partial charge in [0, 0.05) is 16.2 Å². The molecule has 20 heavy (non-hydrogen) atoms. The summed E-state index contributed by atoms with van der Waals surface area (Å²) in [5.41, 5.74) is 2.32. The molecule has 0 fully saturated rings. The number of thioether (sulfide) groups is 1. The van der Waals surface area contributed by atoms with Crippen molar-refractivity contribution in [3.8, 4) is 6.07 Å². The molecule has 1 nitrogen and oxygen atoms in total. The summed E-state index contributed by atoms with van der Waals surface area (Å²) in [6, 6.07) is 12.2. The zero-order chi connectivity index (χ0) is 14.8. The predicted molar refractivity (Wildman–Crippen MR) is 88.6 cm³/mol. The summed E-state index contributed by atoms with van der Waals surface area (Å²) in [5, 5.41) is 9.04. The van der Waals surface area contributed by atoms with Gasteiger partial charge in [-0.15, -0.1) is 11.8 Å². The molecule has 1 aromatic rings. The number of allylic oxidation sites excluding steroid dienone is 5. The molecule has 2 heteroatoms. The highest BCUT2D eigenvalue weighted by Crippen LogP contribution is 2.23. The van der Waals surface area contributed by atoms with Gasteiger partial charge in [0.05, 0.1) is 6.07 Å². The molecule has 0 atom stereocenters. The van der Waals surface area contributed by atoms with E-state index in [2.05, 4.69) is 44.4 Å². The average Bonchev–Trinajstić information content (AvgIpc) is 2.49. The molecular weight excluding hydrogens is 262 g/mol. The fraction of sp³-hybridized carbons (Fsp3) is 0.167. The molecular formula is C18H19NS. The lowest BCUT2D eigenvalue weighted by Crippen LogP contribution is -1.91. The van der Waals surface area contributed by atoms with E-state index in [1.54, 1.807) is 11.8 Å². The Morgan fingerprint density at radius 1 is 1.30 bits per heavy atom. The summed E-state index contributed by atoms with van der Waals surface area (Å²) in [7, 11) is 0. The Hall–Kier alpha value is -1.98. The van der Waals surface area contributed by atoms with Crippen molar-refractivity contribution < 1.29 is 0 Å². The average molecular weight is 281 g/mol. The molecule has 0 aliphatic carbocycles. The van der Waals surface area contributed by atoms with Crippen molar-refractivity contribution in [1.29, 1.82) is 5.26 Å². The Bertz CT molecular complexity index is 559. The first-order chi connectivity index (χ1) is 9.67. The number of nitriles is 1. The minimum atomic E-state index is 0.500. The summed E-state index contributed by atoms with van der Waals surface area (Å²) in [4.78, 5) is 1.18. The van der Waals surface area contributed by atoms with Crippen LogP contribution in [0.2, 0.25) is 0 Å². The van der Waals surface area contributed by atoms with E-state index in [9.17, 15) is 0 Å². The van der Waals surface area contributed by atoms with E-state index in [0.717, 1.165) is 23.3 Å². The van der Waals surface area contributed by atoms with Crippen LogP contribution in [0.1, 0.15) is 13.3 Å². The molecule has 1 rings (SSSR count). The topological polar surface area (TPSA) is 23.8 Å². The van der Waals surface area contributed by atoms with Crippen LogP contribution in [-0.2, 0) is 0 Å². The van der Waals surface area contributed by atoms with Gasteiger partial charge in [0.25, 0.3) is 0 Å². The van der Waals surface area contributed by atoms with Gasteiger partial charge in [0.15, 0.2) is 0 Å². The van der Waals surface area contributed by atoms with Crippen molar-refractivity contribution in [3.63, 3.8) is 0 Å². The lowest BCUT2D eigenvalue weighted by Gasteiger charge is -2.06. The van der Waals surface area contributed by atoms with E-state index in [-0.39, 0.29) is 0 Å². The minimum absolute atomic E-state index is 0.500. The molecule has 0 saturated carbocycles. The van der Waals surface area contributed by atoms with Gasteiger partial charge in [-0.05, 0) is 29.7 Å². The second-order valence-electron chi connectivity index (χ2n) is 4.25. The number of hydrogen-bond acceptors (Lipinski definition) is 2. The zero-order valence-electron chi connectivity index (χ0n) is 11.8. The van der Waals surface area contributed by atoms with Crippen LogP contribution in [0.25, 0.3) is 0 Å². The van der Waals surface area contributed by atoms with Gasteiger partial charge in [-0.1, -0.05) is 56.5 Å². The van der Waals surface area contributed by atoms with Crippen LogP contribution in [-0.4, -0.2) is 5.75 Å². The highest BCUT2D eigenvalue weighted by molar-refractivity contribution is 7.99. The Balaban J connectivity index is 2.78. The quantitative estimate of drug-likeness (QED) is 0.384. The Labute approximate surface area is 126 Å². The third-order valence-electron chi connectivity index (χ3n) is 2.59. The minimum Gasteiger partial charge on any atom is -0.192 e. The molecule has 0 N–H and O–H groups in total. The van der Waals surface area contributed by atoms with Crippen molar-refractivity contribution in [2.75, 3.05) is 5.75 Å². The normalized spacial score (nSPS) is 11.3. The van der Waals surface area contributed by atoms with Crippen molar-refractivity contribution in [3.05, 3.63) is 78.4 Å². The van der Waals surface area contributed by atoms with E-state index in [1.807, 2.05) is 30.4 Å². The molecule has 0 unspecified atom stereocenters. The highest BCUT2D eigenvalue weighted by atomic mass is 32.2. The van der Waals surface area contributed by atoms with Crippen LogP contribution >= 0.6 is 11.8 Å². The van der Waals surface area contributed by atoms with Gasteiger partial charge >= 0.3 is 0 Å². The van der Waals surface area contributed by atoms with Crippen LogP contribution in [0.4, 0.5) is 0 Å². The van der Waals surface area contributed by atoms with Crippen molar-refractivity contribution >= 4 is 11.8 Å². The summed E-state index contributed by atoms with van der Waals surface area (Å²) >= 11 is 1.69. The van der Waals surface area contributed by atoms with Crippen LogP contribution in [0, 0.1) is 11.3 Å². The van der Waals surface area contributed by atoms with Gasteiger partial charge in [-0.25, -0.2) is 0 Å². The molecule has 0 bridgehead atoms. The first-order valence-corrected chi connectivity index (χ1v) is 7.49. The molecule has 0 spiro atoms. The van der Waals surface area contributed by atoms with Crippen LogP contribution in [0.15, 0.2) is 83.3 Å².